The second-order valence-corrected chi connectivity index (χ2v) is 5.05. The lowest BCUT2D eigenvalue weighted by Gasteiger charge is -2.16. The van der Waals surface area contributed by atoms with Crippen LogP contribution in [0, 0.1) is 6.92 Å². The van der Waals surface area contributed by atoms with Crippen molar-refractivity contribution in [3.8, 4) is 0 Å². The van der Waals surface area contributed by atoms with Gasteiger partial charge in [-0.25, -0.2) is 0 Å². The summed E-state index contributed by atoms with van der Waals surface area (Å²) in [6.07, 6.45) is 0. The van der Waals surface area contributed by atoms with Gasteiger partial charge in [-0.3, -0.25) is 0 Å². The summed E-state index contributed by atoms with van der Waals surface area (Å²) in [4.78, 5) is 0. The Morgan fingerprint density at radius 3 is 2.92 bits per heavy atom. The molecule has 1 fully saturated rings. The molecule has 1 aliphatic rings. The zero-order chi connectivity index (χ0) is 8.39. The molecular weight excluding hydrogens is 192 g/mol. The van der Waals surface area contributed by atoms with Gasteiger partial charge in [0.25, 0.3) is 0 Å². The Hall–Kier alpha value is -0.160. The van der Waals surface area contributed by atoms with Crippen molar-refractivity contribution in [1.82, 2.24) is 10.2 Å². The molecule has 1 aromatic heterocycles. The van der Waals surface area contributed by atoms with Crippen LogP contribution in [-0.4, -0.2) is 27.5 Å². The fourth-order valence-electron chi connectivity index (χ4n) is 1.07. The molecule has 2 heterocycles. The smallest absolute Gasteiger partial charge is 0.230 e. The monoisotopic (exact) mass is 202 g/mol. The van der Waals surface area contributed by atoms with Crippen molar-refractivity contribution in [2.45, 2.75) is 12.2 Å². The highest BCUT2D eigenvalue weighted by molar-refractivity contribution is 8.06. The van der Waals surface area contributed by atoms with E-state index in [4.69, 9.17) is 4.42 Å². The van der Waals surface area contributed by atoms with Gasteiger partial charge in [-0.2, -0.15) is 11.8 Å². The number of hydrogen-bond acceptors (Lipinski definition) is 5. The quantitative estimate of drug-likeness (QED) is 0.695. The minimum atomic E-state index is 0.421. The highest BCUT2D eigenvalue weighted by Crippen LogP contribution is 2.35. The first-order valence-corrected chi connectivity index (χ1v) is 6.06. The molecule has 0 spiro atoms. The molecule has 66 valence electrons. The Kier molecular flexibility index (Phi) is 2.60. The van der Waals surface area contributed by atoms with Crippen LogP contribution in [0.4, 0.5) is 0 Å². The molecule has 2 rings (SSSR count). The van der Waals surface area contributed by atoms with Gasteiger partial charge in [0.05, 0.1) is 5.25 Å². The predicted molar refractivity (Wildman–Crippen MR) is 51.6 cm³/mol. The number of rotatable bonds is 1. The zero-order valence-corrected chi connectivity index (χ0v) is 8.45. The SMILES string of the molecule is Cc1nnc(C2CSCCS2)o1. The molecule has 1 aliphatic heterocycles. The molecule has 5 heteroatoms. The summed E-state index contributed by atoms with van der Waals surface area (Å²) >= 11 is 3.87. The van der Waals surface area contributed by atoms with E-state index in [0.29, 0.717) is 11.1 Å². The van der Waals surface area contributed by atoms with Crippen molar-refractivity contribution < 1.29 is 4.42 Å². The lowest BCUT2D eigenvalue weighted by Crippen LogP contribution is -2.06. The van der Waals surface area contributed by atoms with Gasteiger partial charge in [0, 0.05) is 24.2 Å². The first-order chi connectivity index (χ1) is 5.86. The van der Waals surface area contributed by atoms with Gasteiger partial charge in [-0.05, 0) is 0 Å². The topological polar surface area (TPSA) is 38.9 Å². The van der Waals surface area contributed by atoms with Crippen LogP contribution in [0.15, 0.2) is 4.42 Å². The summed E-state index contributed by atoms with van der Waals surface area (Å²) in [6.45, 7) is 1.83. The van der Waals surface area contributed by atoms with E-state index in [-0.39, 0.29) is 0 Å². The third kappa shape index (κ3) is 1.77. The first kappa shape index (κ1) is 8.44. The van der Waals surface area contributed by atoms with E-state index < -0.39 is 0 Å². The van der Waals surface area contributed by atoms with Gasteiger partial charge in [0.15, 0.2) is 0 Å². The fraction of sp³-hybridized carbons (Fsp3) is 0.714. The Morgan fingerprint density at radius 1 is 1.42 bits per heavy atom. The van der Waals surface area contributed by atoms with Crippen LogP contribution in [0.5, 0.6) is 0 Å². The number of nitrogens with zero attached hydrogens (tertiary/aromatic N) is 2. The predicted octanol–water partition coefficient (Wildman–Crippen LogP) is 1.90. The third-order valence-electron chi connectivity index (χ3n) is 1.63. The van der Waals surface area contributed by atoms with E-state index in [1.165, 1.54) is 11.5 Å². The molecule has 0 N–H and O–H groups in total. The average molecular weight is 202 g/mol. The summed E-state index contributed by atoms with van der Waals surface area (Å²) in [5.41, 5.74) is 0. The maximum absolute atomic E-state index is 5.37. The second kappa shape index (κ2) is 3.70. The molecule has 0 aliphatic carbocycles. The Morgan fingerprint density at radius 2 is 2.33 bits per heavy atom. The van der Waals surface area contributed by atoms with E-state index in [9.17, 15) is 0 Å². The molecule has 3 nitrogen and oxygen atoms in total. The van der Waals surface area contributed by atoms with E-state index in [0.717, 1.165) is 11.6 Å². The molecular formula is C7H10N2OS2. The molecule has 0 bridgehead atoms. The van der Waals surface area contributed by atoms with E-state index in [1.54, 1.807) is 0 Å². The molecule has 0 saturated carbocycles. The summed E-state index contributed by atoms with van der Waals surface area (Å²) in [5, 5.41) is 8.26. The first-order valence-electron chi connectivity index (χ1n) is 3.85. The molecule has 1 atom stereocenters. The largest absolute Gasteiger partial charge is 0.424 e. The Bertz CT molecular complexity index is 258. The lowest BCUT2D eigenvalue weighted by molar-refractivity contribution is 0.471. The Balaban J connectivity index is 2.08. The van der Waals surface area contributed by atoms with E-state index >= 15 is 0 Å². The van der Waals surface area contributed by atoms with Crippen molar-refractivity contribution in [2.24, 2.45) is 0 Å². The van der Waals surface area contributed by atoms with Crippen molar-refractivity contribution in [1.29, 1.82) is 0 Å². The summed E-state index contributed by atoms with van der Waals surface area (Å²) in [5.74, 6) is 5.00. The zero-order valence-electron chi connectivity index (χ0n) is 6.82. The second-order valence-electron chi connectivity index (χ2n) is 2.59. The van der Waals surface area contributed by atoms with Crippen LogP contribution in [-0.2, 0) is 0 Å². The van der Waals surface area contributed by atoms with Crippen molar-refractivity contribution in [3.05, 3.63) is 11.8 Å². The van der Waals surface area contributed by atoms with Crippen LogP contribution in [0.25, 0.3) is 0 Å². The summed E-state index contributed by atoms with van der Waals surface area (Å²) < 4.78 is 5.37. The van der Waals surface area contributed by atoms with Gasteiger partial charge in [-0.15, -0.1) is 22.0 Å². The normalized spacial score (nSPS) is 24.2. The van der Waals surface area contributed by atoms with Gasteiger partial charge >= 0.3 is 0 Å². The molecule has 0 aromatic carbocycles. The average Bonchev–Trinajstić information content (AvgIpc) is 2.54. The molecule has 0 amide bonds. The number of aryl methyl sites for hydroxylation is 1. The number of hydrogen-bond donors (Lipinski definition) is 0. The van der Waals surface area contributed by atoms with Crippen molar-refractivity contribution in [3.63, 3.8) is 0 Å². The van der Waals surface area contributed by atoms with Crippen LogP contribution in [0.2, 0.25) is 0 Å². The van der Waals surface area contributed by atoms with Crippen LogP contribution >= 0.6 is 23.5 Å². The molecule has 1 unspecified atom stereocenters. The third-order valence-corrected chi connectivity index (χ3v) is 4.37. The van der Waals surface area contributed by atoms with Gasteiger partial charge in [-0.1, -0.05) is 0 Å². The van der Waals surface area contributed by atoms with Crippen LogP contribution < -0.4 is 0 Å². The minimum Gasteiger partial charge on any atom is -0.424 e. The minimum absolute atomic E-state index is 0.421. The molecule has 12 heavy (non-hydrogen) atoms. The molecule has 1 saturated heterocycles. The molecule has 1 aromatic rings. The van der Waals surface area contributed by atoms with Gasteiger partial charge < -0.3 is 4.42 Å². The number of thioether (sulfide) groups is 2. The maximum Gasteiger partial charge on any atom is 0.230 e. The highest BCUT2D eigenvalue weighted by atomic mass is 32.2. The van der Waals surface area contributed by atoms with E-state index in [1.807, 2.05) is 30.4 Å². The molecule has 0 radical (unpaired) electrons. The van der Waals surface area contributed by atoms with Crippen molar-refractivity contribution >= 4 is 23.5 Å². The van der Waals surface area contributed by atoms with Crippen LogP contribution in [0.3, 0.4) is 0 Å². The maximum atomic E-state index is 5.37. The van der Waals surface area contributed by atoms with E-state index in [2.05, 4.69) is 10.2 Å². The van der Waals surface area contributed by atoms with Gasteiger partial charge in [0.2, 0.25) is 11.8 Å². The highest BCUT2D eigenvalue weighted by Gasteiger charge is 2.21. The van der Waals surface area contributed by atoms with Gasteiger partial charge in [0.1, 0.15) is 0 Å². The van der Waals surface area contributed by atoms with Crippen molar-refractivity contribution in [2.75, 3.05) is 17.3 Å². The Labute approximate surface area is 79.7 Å². The standard InChI is InChI=1S/C7H10N2OS2/c1-5-8-9-7(10-5)6-4-11-2-3-12-6/h6H,2-4H2,1H3. The summed E-state index contributed by atoms with van der Waals surface area (Å²) in [7, 11) is 0. The number of aromatic nitrogens is 2. The summed E-state index contributed by atoms with van der Waals surface area (Å²) in [6, 6.07) is 0. The fourth-order valence-corrected chi connectivity index (χ4v) is 3.65. The lowest BCUT2D eigenvalue weighted by atomic mass is 10.5. The van der Waals surface area contributed by atoms with Crippen LogP contribution in [0.1, 0.15) is 17.0 Å².